The summed E-state index contributed by atoms with van der Waals surface area (Å²) in [6.07, 6.45) is 6.22. The molecule has 20 heavy (non-hydrogen) atoms. The van der Waals surface area contributed by atoms with Crippen LogP contribution in [-0.4, -0.2) is 34.6 Å². The minimum atomic E-state index is -0.0639. The first-order valence-electron chi connectivity index (χ1n) is 7.20. The molecule has 0 radical (unpaired) electrons. The number of aryl methyl sites for hydroxylation is 1. The Kier molecular flexibility index (Phi) is 5.72. The Hall–Kier alpha value is -0.750. The van der Waals surface area contributed by atoms with Gasteiger partial charge < -0.3 is 10.6 Å². The number of nitrogens with zero attached hydrogens (tertiary/aromatic N) is 1. The van der Waals surface area contributed by atoms with E-state index < -0.39 is 0 Å². The smallest absolute Gasteiger partial charge is 0.314 e. The van der Waals surface area contributed by atoms with Crippen LogP contribution in [0.2, 0.25) is 0 Å². The second-order valence-corrected chi connectivity index (χ2v) is 8.22. The Bertz CT molecular complexity index is 441. The summed E-state index contributed by atoms with van der Waals surface area (Å²) >= 11 is 3.69. The summed E-state index contributed by atoms with van der Waals surface area (Å²) in [5.41, 5.74) is 0. The Balaban J connectivity index is 1.62. The fourth-order valence-corrected chi connectivity index (χ4v) is 4.32. The lowest BCUT2D eigenvalue weighted by molar-refractivity contribution is 0.240. The number of amides is 2. The van der Waals surface area contributed by atoms with Gasteiger partial charge in [-0.25, -0.2) is 9.78 Å². The lowest BCUT2D eigenvalue weighted by atomic mass is 10.1. The summed E-state index contributed by atoms with van der Waals surface area (Å²) in [5, 5.41) is 6.98. The molecule has 0 aromatic carbocycles. The van der Waals surface area contributed by atoms with Crippen molar-refractivity contribution in [2.24, 2.45) is 0 Å². The van der Waals surface area contributed by atoms with E-state index in [0.717, 1.165) is 24.4 Å². The highest BCUT2D eigenvalue weighted by atomic mass is 32.2. The first-order valence-corrected chi connectivity index (χ1v) is 9.01. The van der Waals surface area contributed by atoms with Crippen LogP contribution in [0, 0.1) is 0 Å². The number of urea groups is 1. The maximum absolute atomic E-state index is 11.7. The highest BCUT2D eigenvalue weighted by Gasteiger charge is 2.29. The predicted octanol–water partition coefficient (Wildman–Crippen LogP) is 2.83. The van der Waals surface area contributed by atoms with E-state index in [4.69, 9.17) is 0 Å². The molecule has 1 unspecified atom stereocenters. The summed E-state index contributed by atoms with van der Waals surface area (Å²) in [6.45, 7) is 5.75. The minimum Gasteiger partial charge on any atom is -0.338 e. The van der Waals surface area contributed by atoms with Crippen molar-refractivity contribution >= 4 is 29.1 Å². The summed E-state index contributed by atoms with van der Waals surface area (Å²) in [5.74, 6) is 1.21. The third-order valence-corrected chi connectivity index (χ3v) is 6.24. The number of nitrogens with one attached hydrogen (secondary N) is 2. The van der Waals surface area contributed by atoms with E-state index in [-0.39, 0.29) is 10.8 Å². The van der Waals surface area contributed by atoms with E-state index in [1.54, 1.807) is 11.3 Å². The van der Waals surface area contributed by atoms with Crippen molar-refractivity contribution in [2.45, 2.75) is 44.3 Å². The molecular formula is C14H23N3OS2. The van der Waals surface area contributed by atoms with Crippen LogP contribution in [0.25, 0.3) is 0 Å². The number of carbonyl (C=O) groups is 1. The predicted molar refractivity (Wildman–Crippen MR) is 86.7 cm³/mol. The van der Waals surface area contributed by atoms with Crippen molar-refractivity contribution in [3.05, 3.63) is 16.1 Å². The van der Waals surface area contributed by atoms with Gasteiger partial charge in [-0.05, 0) is 31.9 Å². The van der Waals surface area contributed by atoms with E-state index >= 15 is 0 Å². The number of thiazole rings is 1. The van der Waals surface area contributed by atoms with Gasteiger partial charge in [0, 0.05) is 35.3 Å². The van der Waals surface area contributed by atoms with Crippen LogP contribution in [-0.2, 0) is 12.8 Å². The van der Waals surface area contributed by atoms with Crippen LogP contribution in [0.15, 0.2) is 6.20 Å². The molecule has 0 bridgehead atoms. The van der Waals surface area contributed by atoms with E-state index in [1.165, 1.54) is 23.5 Å². The second-order valence-electron chi connectivity index (χ2n) is 5.34. The standard InChI is InChI=1S/C14H23N3OS2/c1-3-11-9-16-12(20-11)5-7-15-13(18)17-10-14(2)6-4-8-19-14/h9H,3-8,10H2,1-2H3,(H2,15,17,18). The highest BCUT2D eigenvalue weighted by Crippen LogP contribution is 2.36. The van der Waals surface area contributed by atoms with E-state index in [0.29, 0.717) is 6.54 Å². The van der Waals surface area contributed by atoms with E-state index in [2.05, 4.69) is 29.5 Å². The van der Waals surface area contributed by atoms with Gasteiger partial charge in [0.05, 0.1) is 5.01 Å². The van der Waals surface area contributed by atoms with Gasteiger partial charge in [0.1, 0.15) is 0 Å². The van der Waals surface area contributed by atoms with Crippen molar-refractivity contribution in [3.63, 3.8) is 0 Å². The third-order valence-electron chi connectivity index (χ3n) is 3.50. The number of carbonyl (C=O) groups excluding carboxylic acids is 1. The molecule has 1 aliphatic rings. The highest BCUT2D eigenvalue weighted by molar-refractivity contribution is 8.00. The monoisotopic (exact) mass is 313 g/mol. The normalized spacial score (nSPS) is 21.9. The molecule has 112 valence electrons. The van der Waals surface area contributed by atoms with Crippen LogP contribution in [0.1, 0.15) is 36.6 Å². The number of thioether (sulfide) groups is 1. The molecule has 0 spiro atoms. The zero-order chi connectivity index (χ0) is 14.4. The van der Waals surface area contributed by atoms with Crippen LogP contribution in [0.3, 0.4) is 0 Å². The minimum absolute atomic E-state index is 0.0639. The summed E-state index contributed by atoms with van der Waals surface area (Å²) in [4.78, 5) is 17.4. The van der Waals surface area contributed by atoms with E-state index in [1.807, 2.05) is 18.0 Å². The number of aromatic nitrogens is 1. The molecule has 2 heterocycles. The van der Waals surface area contributed by atoms with Gasteiger partial charge in [-0.2, -0.15) is 11.8 Å². The van der Waals surface area contributed by atoms with Crippen LogP contribution >= 0.6 is 23.1 Å². The maximum Gasteiger partial charge on any atom is 0.314 e. The first kappa shape index (κ1) is 15.6. The molecule has 4 nitrogen and oxygen atoms in total. The van der Waals surface area contributed by atoms with Crippen molar-refractivity contribution < 1.29 is 4.79 Å². The lowest BCUT2D eigenvalue weighted by Crippen LogP contribution is -2.43. The molecule has 0 aliphatic carbocycles. The molecule has 1 saturated heterocycles. The van der Waals surface area contributed by atoms with Gasteiger partial charge in [0.2, 0.25) is 0 Å². The molecule has 2 amide bonds. The van der Waals surface area contributed by atoms with Crippen LogP contribution in [0.5, 0.6) is 0 Å². The Morgan fingerprint density at radius 3 is 3.00 bits per heavy atom. The van der Waals surface area contributed by atoms with Gasteiger partial charge in [-0.1, -0.05) is 6.92 Å². The van der Waals surface area contributed by atoms with Gasteiger partial charge in [-0.3, -0.25) is 0 Å². The summed E-state index contributed by atoms with van der Waals surface area (Å²) in [6, 6.07) is -0.0639. The fourth-order valence-electron chi connectivity index (χ4n) is 2.22. The second kappa shape index (κ2) is 7.31. The Morgan fingerprint density at radius 1 is 1.50 bits per heavy atom. The molecule has 1 aromatic heterocycles. The van der Waals surface area contributed by atoms with Gasteiger partial charge in [0.25, 0.3) is 0 Å². The first-order chi connectivity index (χ1) is 9.61. The summed E-state index contributed by atoms with van der Waals surface area (Å²) < 4.78 is 0.225. The van der Waals surface area contributed by atoms with Gasteiger partial charge in [0.15, 0.2) is 0 Å². The molecule has 6 heteroatoms. The molecular weight excluding hydrogens is 290 g/mol. The average Bonchev–Trinajstić information content (AvgIpc) is 3.06. The molecule has 1 aromatic rings. The SMILES string of the molecule is CCc1cnc(CCNC(=O)NCC2(C)CCCS2)s1. The summed E-state index contributed by atoms with van der Waals surface area (Å²) in [7, 11) is 0. The molecule has 1 aliphatic heterocycles. The fraction of sp³-hybridized carbons (Fsp3) is 0.714. The number of hydrogen-bond acceptors (Lipinski definition) is 4. The van der Waals surface area contributed by atoms with Crippen LogP contribution < -0.4 is 10.6 Å². The van der Waals surface area contributed by atoms with Crippen molar-refractivity contribution in [3.8, 4) is 0 Å². The maximum atomic E-state index is 11.7. The largest absolute Gasteiger partial charge is 0.338 e. The van der Waals surface area contributed by atoms with Gasteiger partial charge in [-0.15, -0.1) is 11.3 Å². The molecule has 2 N–H and O–H groups in total. The van der Waals surface area contributed by atoms with Gasteiger partial charge >= 0.3 is 6.03 Å². The molecule has 1 atom stereocenters. The molecule has 0 saturated carbocycles. The Labute approximate surface area is 129 Å². The lowest BCUT2D eigenvalue weighted by Gasteiger charge is -2.22. The van der Waals surface area contributed by atoms with Crippen molar-refractivity contribution in [1.29, 1.82) is 0 Å². The van der Waals surface area contributed by atoms with Crippen molar-refractivity contribution in [1.82, 2.24) is 15.6 Å². The van der Waals surface area contributed by atoms with E-state index in [9.17, 15) is 4.79 Å². The topological polar surface area (TPSA) is 54.0 Å². The third kappa shape index (κ3) is 4.66. The number of rotatable bonds is 6. The molecule has 1 fully saturated rings. The number of hydrogen-bond donors (Lipinski definition) is 2. The average molecular weight is 313 g/mol. The Morgan fingerprint density at radius 2 is 2.35 bits per heavy atom. The van der Waals surface area contributed by atoms with Crippen LogP contribution in [0.4, 0.5) is 4.79 Å². The molecule has 2 rings (SSSR count). The zero-order valence-corrected chi connectivity index (χ0v) is 13.8. The van der Waals surface area contributed by atoms with Crippen molar-refractivity contribution in [2.75, 3.05) is 18.8 Å². The quantitative estimate of drug-likeness (QED) is 0.849. The zero-order valence-electron chi connectivity index (χ0n) is 12.2.